The van der Waals surface area contributed by atoms with Gasteiger partial charge in [0.05, 0.1) is 24.1 Å². The standard InChI is InChI=1S/3C8H16O.4C7H13N.3C6H11NO.10C2H6/c1-7(2)8-3-5-9-6-4-8;1-7(2)8-4-3-5-9-6-8;1-7(2)8-5-3-4-6-9-8;2*1-6(2)7-3-4-8-5-7;2*1-6(2)7-4-3-5-8-7;1-5(2)6-3-7-8-4-6;1-5(2)6-3-4-8-7-6;1-5(2)6-3-4-7-8-6;10*1-2/h3*7-8H,3-6H2,1-2H3;5-7H,3-4H2,1-2H3;4,6-7H,3,5H2,1-2H3;6H,3-5H2,1-2H3;5-7H,3-4H2,1-2H3;3,5-6H,4H2,1-2H3;5H,3-4H2,1-2H3;4-6H,3H2,1-2H3;10*1-2H3. The molecule has 0 spiro atoms. The van der Waals surface area contributed by atoms with E-state index in [0.29, 0.717) is 53.8 Å². The lowest BCUT2D eigenvalue weighted by molar-refractivity contribution is -0.0115. The van der Waals surface area contributed by atoms with Crippen molar-refractivity contribution in [3.8, 4) is 0 Å². The largest absolute Gasteiger partial charge is 0.395 e. The molecule has 7 atom stereocenters. The molecule has 13 heteroatoms. The topological polar surface area (TPSA) is 142 Å². The van der Waals surface area contributed by atoms with Crippen molar-refractivity contribution >= 4 is 42.5 Å². The summed E-state index contributed by atoms with van der Waals surface area (Å²) in [6.45, 7) is 94.1. The summed E-state index contributed by atoms with van der Waals surface area (Å²) in [5.41, 5.74) is 2.62. The van der Waals surface area contributed by atoms with Crippen molar-refractivity contribution < 1.29 is 28.7 Å². The second-order valence-electron chi connectivity index (χ2n) is 27.6. The molecule has 3 fully saturated rings. The maximum Gasteiger partial charge on any atom is 0.134 e. The number of oxime groups is 3. The van der Waals surface area contributed by atoms with Crippen LogP contribution in [0, 0.1) is 88.8 Å². The minimum atomic E-state index is 0.343. The van der Waals surface area contributed by atoms with Crippen LogP contribution in [0.4, 0.5) is 0 Å². The molecular formula is C90H193N7O6. The van der Waals surface area contributed by atoms with Gasteiger partial charge in [-0.3, -0.25) is 20.0 Å². The van der Waals surface area contributed by atoms with Crippen molar-refractivity contribution in [2.24, 2.45) is 124 Å². The minimum absolute atomic E-state index is 0.343. The Morgan fingerprint density at radius 2 is 0.903 bits per heavy atom. The van der Waals surface area contributed by atoms with Crippen LogP contribution < -0.4 is 0 Å². The van der Waals surface area contributed by atoms with Crippen LogP contribution in [-0.4, -0.2) is 127 Å². The van der Waals surface area contributed by atoms with E-state index in [0.717, 1.165) is 132 Å². The van der Waals surface area contributed by atoms with Gasteiger partial charge in [-0.05, 0) is 179 Å². The molecule has 7 unspecified atom stereocenters. The van der Waals surface area contributed by atoms with Crippen molar-refractivity contribution in [1.82, 2.24) is 0 Å². The zero-order valence-corrected chi connectivity index (χ0v) is 77.5. The van der Waals surface area contributed by atoms with Gasteiger partial charge in [0, 0.05) is 89.6 Å². The monoisotopic (exact) mass is 1470 g/mol. The Kier molecular flexibility index (Phi) is 112. The van der Waals surface area contributed by atoms with Crippen LogP contribution in [0.2, 0.25) is 0 Å². The van der Waals surface area contributed by atoms with Crippen LogP contribution in [0.1, 0.15) is 373 Å². The molecular weight excluding hydrogens is 1280 g/mol. The number of hydrogen-bond donors (Lipinski definition) is 0. The Bertz CT molecular complexity index is 1570. The predicted molar refractivity (Wildman–Crippen MR) is 472 cm³/mol. The van der Waals surface area contributed by atoms with E-state index >= 15 is 0 Å². The summed E-state index contributed by atoms with van der Waals surface area (Å²) in [5, 5.41) is 11.2. The van der Waals surface area contributed by atoms with Crippen LogP contribution in [0.25, 0.3) is 0 Å². The highest BCUT2D eigenvalue weighted by molar-refractivity contribution is 5.87. The molecule has 10 aliphatic rings. The molecule has 3 saturated heterocycles. The normalized spacial score (nSPS) is 21.2. The highest BCUT2D eigenvalue weighted by Gasteiger charge is 2.21. The lowest BCUT2D eigenvalue weighted by Gasteiger charge is -2.25. The van der Waals surface area contributed by atoms with Crippen molar-refractivity contribution in [1.29, 1.82) is 0 Å². The highest BCUT2D eigenvalue weighted by atomic mass is 16.6. The van der Waals surface area contributed by atoms with Gasteiger partial charge in [0.15, 0.2) is 0 Å². The maximum atomic E-state index is 5.54. The number of hydrogen-bond acceptors (Lipinski definition) is 13. The van der Waals surface area contributed by atoms with Crippen molar-refractivity contribution in [2.45, 2.75) is 392 Å². The molecule has 10 aliphatic heterocycles. The quantitative estimate of drug-likeness (QED) is 0.213. The van der Waals surface area contributed by atoms with E-state index in [1.54, 1.807) is 0 Å². The van der Waals surface area contributed by atoms with Crippen LogP contribution in [-0.2, 0) is 28.7 Å². The Balaban J connectivity index is -0.000000113. The summed E-state index contributed by atoms with van der Waals surface area (Å²) in [6, 6.07) is 0.634. The average Bonchev–Trinajstić information content (AvgIpc) is 1.97. The van der Waals surface area contributed by atoms with Gasteiger partial charge in [0.2, 0.25) is 0 Å². The van der Waals surface area contributed by atoms with Gasteiger partial charge in [0.25, 0.3) is 0 Å². The molecule has 13 nitrogen and oxygen atoms in total. The molecule has 0 aromatic heterocycles. The SMILES string of the molecule is CC.CC.CC.CC.CC.CC.CC.CC.CC.CC.CC(C)C1=NCCC1.CC(C)C1=NOCC1.CC(C)C1C=NCC1.CC(C)C1C=NOC1.CC(C)C1CC=NC1.CC(C)C1CC=NO1.CC(C)C1CCC=N1.CC(C)C1CCCCO1.CC(C)C1CCCOC1.CC(C)C1CCOCC1. The molecule has 0 N–H and O–H groups in total. The first-order chi connectivity index (χ1) is 49.5. The van der Waals surface area contributed by atoms with Gasteiger partial charge in [-0.1, -0.05) is 292 Å². The van der Waals surface area contributed by atoms with Gasteiger partial charge in [-0.25, -0.2) is 0 Å². The Morgan fingerprint density at radius 1 is 0.359 bits per heavy atom. The second kappa shape index (κ2) is 95.0. The lowest BCUT2D eigenvalue weighted by Crippen LogP contribution is -2.24. The van der Waals surface area contributed by atoms with Crippen molar-refractivity contribution in [3.05, 3.63) is 0 Å². The molecule has 103 heavy (non-hydrogen) atoms. The van der Waals surface area contributed by atoms with Crippen LogP contribution in [0.15, 0.2) is 35.4 Å². The molecule has 10 heterocycles. The summed E-state index contributed by atoms with van der Waals surface area (Å²) < 4.78 is 16.1. The first-order valence-corrected chi connectivity index (χ1v) is 43.9. The van der Waals surface area contributed by atoms with Gasteiger partial charge < -0.3 is 28.7 Å². The summed E-state index contributed by atoms with van der Waals surface area (Å²) >= 11 is 0. The fourth-order valence-corrected chi connectivity index (χ4v) is 10.1. The molecule has 0 radical (unpaired) electrons. The van der Waals surface area contributed by atoms with Crippen molar-refractivity contribution in [2.75, 3.05) is 65.9 Å². The molecule has 10 rings (SSSR count). The molecule has 0 aliphatic carbocycles. The molecule has 0 bridgehead atoms. The van der Waals surface area contributed by atoms with E-state index in [1.165, 1.54) is 94.9 Å². The number of ether oxygens (including phenoxy) is 3. The summed E-state index contributed by atoms with van der Waals surface area (Å²) in [7, 11) is 0. The lowest BCUT2D eigenvalue weighted by atomic mass is 9.89. The van der Waals surface area contributed by atoms with Gasteiger partial charge in [-0.15, -0.1) is 0 Å². The van der Waals surface area contributed by atoms with E-state index in [2.05, 4.69) is 180 Å². The number of aliphatic imine (C=N–C) groups is 4. The predicted octanol–water partition coefficient (Wildman–Crippen LogP) is 27.9. The third-order valence-electron chi connectivity index (χ3n) is 17.2. The fraction of sp³-hybridized carbons (Fsp3) is 0.922. The smallest absolute Gasteiger partial charge is 0.134 e. The van der Waals surface area contributed by atoms with Crippen LogP contribution in [0.5, 0.6) is 0 Å². The number of rotatable bonds is 10. The van der Waals surface area contributed by atoms with Crippen LogP contribution in [0.3, 0.4) is 0 Å². The summed E-state index contributed by atoms with van der Waals surface area (Å²) in [5.74, 6) is 11.2. The molecule has 0 amide bonds. The third-order valence-corrected chi connectivity index (χ3v) is 17.2. The Morgan fingerprint density at radius 3 is 1.13 bits per heavy atom. The van der Waals surface area contributed by atoms with Gasteiger partial charge in [0.1, 0.15) is 19.3 Å². The fourth-order valence-electron chi connectivity index (χ4n) is 10.1. The van der Waals surface area contributed by atoms with Gasteiger partial charge in [-0.2, -0.15) is 0 Å². The molecule has 0 aromatic carbocycles. The number of nitrogens with zero attached hydrogens (tertiary/aromatic N) is 7. The van der Waals surface area contributed by atoms with E-state index in [-0.39, 0.29) is 0 Å². The minimum Gasteiger partial charge on any atom is -0.395 e. The zero-order valence-electron chi connectivity index (χ0n) is 77.5. The van der Waals surface area contributed by atoms with E-state index < -0.39 is 0 Å². The zero-order chi connectivity index (χ0) is 82.0. The summed E-state index contributed by atoms with van der Waals surface area (Å²) in [4.78, 5) is 31.6. The third kappa shape index (κ3) is 77.0. The molecule has 624 valence electrons. The first kappa shape index (κ1) is 121. The second-order valence-corrected chi connectivity index (χ2v) is 27.6. The molecule has 0 aromatic rings. The first-order valence-electron chi connectivity index (χ1n) is 43.9. The van der Waals surface area contributed by atoms with E-state index in [1.807, 2.05) is 163 Å². The maximum absolute atomic E-state index is 5.54. The van der Waals surface area contributed by atoms with Crippen LogP contribution >= 0.6 is 0 Å². The Hall–Kier alpha value is -3.03. The Labute approximate surface area is 649 Å². The highest BCUT2D eigenvalue weighted by Crippen LogP contribution is 2.24. The molecule has 0 saturated carbocycles. The average molecular weight is 1470 g/mol. The van der Waals surface area contributed by atoms with E-state index in [9.17, 15) is 0 Å². The van der Waals surface area contributed by atoms with Crippen molar-refractivity contribution in [3.63, 3.8) is 0 Å². The van der Waals surface area contributed by atoms with E-state index in [4.69, 9.17) is 28.7 Å². The summed E-state index contributed by atoms with van der Waals surface area (Å²) in [6.07, 6.45) is 29.4. The van der Waals surface area contributed by atoms with Gasteiger partial charge >= 0.3 is 0 Å².